The molecule has 0 bridgehead atoms. The number of benzene rings is 1. The maximum absolute atomic E-state index is 13.2. The Kier molecular flexibility index (Phi) is 4.71. The van der Waals surface area contributed by atoms with Gasteiger partial charge in [0.2, 0.25) is 5.91 Å². The van der Waals surface area contributed by atoms with Crippen LogP contribution in [0.4, 0.5) is 0 Å². The number of carbonyl (C=O) groups is 1. The van der Waals surface area contributed by atoms with E-state index in [1.165, 1.54) is 0 Å². The van der Waals surface area contributed by atoms with Crippen LogP contribution in [0.15, 0.2) is 30.3 Å². The number of likely N-dealkylation sites (N-methyl/N-ethyl adjacent to an activating group) is 1. The van der Waals surface area contributed by atoms with Crippen LogP contribution in [-0.2, 0) is 10.2 Å². The molecule has 0 radical (unpaired) electrons. The Morgan fingerprint density at radius 2 is 1.96 bits per heavy atom. The number of nitrogens with zero attached hydrogens (tertiary/aromatic N) is 2. The highest BCUT2D eigenvalue weighted by Crippen LogP contribution is 2.42. The number of aliphatic hydroxyl groups excluding tert-OH is 1. The molecule has 2 atom stereocenters. The number of aliphatic hydroxyl groups is 1. The maximum Gasteiger partial charge on any atom is 0.232 e. The fourth-order valence-electron chi connectivity index (χ4n) is 4.57. The number of likely N-dealkylation sites (tertiary alicyclic amines) is 2. The number of piperidine rings is 2. The molecule has 2 fully saturated rings. The molecule has 0 spiro atoms. The lowest BCUT2D eigenvalue weighted by Gasteiger charge is -2.54. The zero-order valence-electron chi connectivity index (χ0n) is 15.2. The van der Waals surface area contributed by atoms with E-state index >= 15 is 0 Å². The van der Waals surface area contributed by atoms with Gasteiger partial charge in [0.25, 0.3) is 0 Å². The van der Waals surface area contributed by atoms with Gasteiger partial charge in [-0.2, -0.15) is 0 Å². The Bertz CT molecular complexity index is 587. The average molecular weight is 330 g/mol. The second-order valence-electron chi connectivity index (χ2n) is 8.11. The molecule has 2 aliphatic heterocycles. The monoisotopic (exact) mass is 330 g/mol. The summed E-state index contributed by atoms with van der Waals surface area (Å²) < 4.78 is 0. The van der Waals surface area contributed by atoms with Gasteiger partial charge in [-0.1, -0.05) is 30.3 Å². The molecule has 0 aliphatic carbocycles. The maximum atomic E-state index is 13.2. The fraction of sp³-hybridized carbons (Fsp3) is 0.650. The van der Waals surface area contributed by atoms with Crippen LogP contribution < -0.4 is 0 Å². The van der Waals surface area contributed by atoms with Crippen LogP contribution in [0.3, 0.4) is 0 Å². The molecular weight excluding hydrogens is 300 g/mol. The van der Waals surface area contributed by atoms with Crippen molar-refractivity contribution in [2.24, 2.45) is 5.41 Å². The van der Waals surface area contributed by atoms with Gasteiger partial charge in [0.05, 0.1) is 12.0 Å². The highest BCUT2D eigenvalue weighted by atomic mass is 16.3. The summed E-state index contributed by atoms with van der Waals surface area (Å²) in [6.45, 7) is 6.79. The number of amides is 1. The summed E-state index contributed by atoms with van der Waals surface area (Å²) in [6, 6.07) is 10.3. The Morgan fingerprint density at radius 3 is 2.62 bits per heavy atom. The van der Waals surface area contributed by atoms with Crippen molar-refractivity contribution in [1.29, 1.82) is 0 Å². The summed E-state index contributed by atoms with van der Waals surface area (Å²) in [5.74, 6) is 0.194. The van der Waals surface area contributed by atoms with Crippen LogP contribution in [0.1, 0.15) is 38.7 Å². The van der Waals surface area contributed by atoms with E-state index in [0.717, 1.165) is 44.5 Å². The van der Waals surface area contributed by atoms with Crippen molar-refractivity contribution in [3.63, 3.8) is 0 Å². The standard InChI is InChI=1S/C20H30N2O2/c1-19(2,16-8-5-4-6-9-16)18(24)22-13-11-20(15-23)10-7-12-21(3)17(20)14-22/h4-6,8-9,17,23H,7,10-15H2,1-3H3/t17-,20-/m1/s1. The van der Waals surface area contributed by atoms with Crippen molar-refractivity contribution in [2.75, 3.05) is 33.3 Å². The number of carbonyl (C=O) groups excluding carboxylic acids is 1. The summed E-state index contributed by atoms with van der Waals surface area (Å²) in [7, 11) is 2.13. The molecule has 24 heavy (non-hydrogen) atoms. The lowest BCUT2D eigenvalue weighted by molar-refractivity contribution is -0.144. The fourth-order valence-corrected chi connectivity index (χ4v) is 4.57. The van der Waals surface area contributed by atoms with Gasteiger partial charge in [0.1, 0.15) is 0 Å². The van der Waals surface area contributed by atoms with E-state index in [2.05, 4.69) is 11.9 Å². The number of hydrogen-bond donors (Lipinski definition) is 1. The average Bonchev–Trinajstić information content (AvgIpc) is 2.62. The van der Waals surface area contributed by atoms with Crippen molar-refractivity contribution in [3.8, 4) is 0 Å². The van der Waals surface area contributed by atoms with Gasteiger partial charge in [0.15, 0.2) is 0 Å². The van der Waals surface area contributed by atoms with Gasteiger partial charge in [-0.15, -0.1) is 0 Å². The molecule has 4 nitrogen and oxygen atoms in total. The van der Waals surface area contributed by atoms with E-state index in [-0.39, 0.29) is 24.0 Å². The van der Waals surface area contributed by atoms with E-state index in [4.69, 9.17) is 0 Å². The third kappa shape index (κ3) is 2.86. The first-order valence-electron chi connectivity index (χ1n) is 9.07. The first-order valence-corrected chi connectivity index (χ1v) is 9.07. The topological polar surface area (TPSA) is 43.8 Å². The molecule has 1 N–H and O–H groups in total. The zero-order valence-corrected chi connectivity index (χ0v) is 15.2. The van der Waals surface area contributed by atoms with Crippen LogP contribution in [0.5, 0.6) is 0 Å². The van der Waals surface area contributed by atoms with E-state index in [1.807, 2.05) is 49.1 Å². The Hall–Kier alpha value is -1.39. The quantitative estimate of drug-likeness (QED) is 0.925. The molecule has 0 aromatic heterocycles. The van der Waals surface area contributed by atoms with Gasteiger partial charge in [-0.3, -0.25) is 4.79 Å². The minimum Gasteiger partial charge on any atom is -0.396 e. The summed E-state index contributed by atoms with van der Waals surface area (Å²) in [5.41, 5.74) is 0.514. The third-order valence-corrected chi connectivity index (χ3v) is 6.33. The second kappa shape index (κ2) is 6.49. The van der Waals surface area contributed by atoms with E-state index in [1.54, 1.807) is 0 Å². The Balaban J connectivity index is 1.80. The minimum atomic E-state index is -0.520. The molecule has 2 aliphatic rings. The second-order valence-corrected chi connectivity index (χ2v) is 8.11. The molecule has 0 saturated carbocycles. The number of rotatable bonds is 3. The zero-order chi connectivity index (χ0) is 17.4. The molecule has 2 heterocycles. The highest BCUT2D eigenvalue weighted by molar-refractivity contribution is 5.87. The predicted molar refractivity (Wildman–Crippen MR) is 95.8 cm³/mol. The van der Waals surface area contributed by atoms with Crippen molar-refractivity contribution in [2.45, 2.75) is 44.6 Å². The Labute approximate surface area is 145 Å². The van der Waals surface area contributed by atoms with Crippen molar-refractivity contribution in [3.05, 3.63) is 35.9 Å². The van der Waals surface area contributed by atoms with Gasteiger partial charge >= 0.3 is 0 Å². The normalized spacial score (nSPS) is 28.5. The molecule has 1 aromatic rings. The van der Waals surface area contributed by atoms with Crippen LogP contribution >= 0.6 is 0 Å². The molecule has 132 valence electrons. The van der Waals surface area contributed by atoms with Crippen molar-refractivity contribution in [1.82, 2.24) is 9.80 Å². The summed E-state index contributed by atoms with van der Waals surface area (Å²) in [6.07, 6.45) is 3.11. The van der Waals surface area contributed by atoms with Crippen molar-refractivity contribution >= 4 is 5.91 Å². The molecule has 1 amide bonds. The first kappa shape index (κ1) is 17.4. The third-order valence-electron chi connectivity index (χ3n) is 6.33. The lowest BCUT2D eigenvalue weighted by atomic mass is 9.68. The molecule has 1 aromatic carbocycles. The largest absolute Gasteiger partial charge is 0.396 e. The van der Waals surface area contributed by atoms with Gasteiger partial charge in [-0.05, 0) is 52.3 Å². The van der Waals surface area contributed by atoms with E-state index in [9.17, 15) is 9.90 Å². The van der Waals surface area contributed by atoms with Gasteiger partial charge < -0.3 is 14.9 Å². The smallest absolute Gasteiger partial charge is 0.232 e. The van der Waals surface area contributed by atoms with E-state index in [0.29, 0.717) is 0 Å². The van der Waals surface area contributed by atoms with Crippen LogP contribution in [0.2, 0.25) is 0 Å². The summed E-state index contributed by atoms with van der Waals surface area (Å²) in [5, 5.41) is 10.0. The van der Waals surface area contributed by atoms with Gasteiger partial charge in [0, 0.05) is 24.5 Å². The lowest BCUT2D eigenvalue weighted by Crippen LogP contribution is -2.63. The van der Waals surface area contributed by atoms with Gasteiger partial charge in [-0.25, -0.2) is 0 Å². The SMILES string of the molecule is CN1CCC[C@]2(CO)CCN(C(=O)C(C)(C)c3ccccc3)C[C@@H]12. The number of fused-ring (bicyclic) bond motifs is 1. The van der Waals surface area contributed by atoms with Crippen LogP contribution in [-0.4, -0.2) is 60.1 Å². The summed E-state index contributed by atoms with van der Waals surface area (Å²) in [4.78, 5) is 17.6. The Morgan fingerprint density at radius 1 is 1.25 bits per heavy atom. The molecule has 0 unspecified atom stereocenters. The number of hydrogen-bond acceptors (Lipinski definition) is 3. The van der Waals surface area contributed by atoms with E-state index < -0.39 is 5.41 Å². The van der Waals surface area contributed by atoms with Crippen LogP contribution in [0.25, 0.3) is 0 Å². The highest BCUT2D eigenvalue weighted by Gasteiger charge is 2.48. The first-order chi connectivity index (χ1) is 11.4. The molecule has 3 rings (SSSR count). The predicted octanol–water partition coefficient (Wildman–Crippen LogP) is 2.27. The molecule has 2 saturated heterocycles. The van der Waals surface area contributed by atoms with Crippen LogP contribution in [0, 0.1) is 5.41 Å². The van der Waals surface area contributed by atoms with Crippen molar-refractivity contribution < 1.29 is 9.90 Å². The summed E-state index contributed by atoms with van der Waals surface area (Å²) >= 11 is 0. The molecular formula is C20H30N2O2. The molecule has 4 heteroatoms. The minimum absolute atomic E-state index is 0.0271.